The highest BCUT2D eigenvalue weighted by atomic mass is 32.2. The van der Waals surface area contributed by atoms with Crippen LogP contribution >= 0.6 is 11.8 Å². The van der Waals surface area contributed by atoms with Gasteiger partial charge in [0.05, 0.1) is 5.69 Å². The van der Waals surface area contributed by atoms with Crippen molar-refractivity contribution in [2.75, 3.05) is 30.5 Å². The number of halogens is 1. The lowest BCUT2D eigenvalue weighted by atomic mass is 10.1. The molecule has 1 unspecified atom stereocenters. The highest BCUT2D eigenvalue weighted by molar-refractivity contribution is 7.98. The zero-order chi connectivity index (χ0) is 15.0. The van der Waals surface area contributed by atoms with E-state index >= 15 is 0 Å². The fourth-order valence-electron chi connectivity index (χ4n) is 2.20. The number of rotatable bonds is 9. The average Bonchev–Trinajstić information content (AvgIpc) is 2.44. The van der Waals surface area contributed by atoms with E-state index in [1.54, 1.807) is 12.1 Å². The predicted octanol–water partition coefficient (Wildman–Crippen LogP) is 3.90. The van der Waals surface area contributed by atoms with E-state index in [2.05, 4.69) is 30.3 Å². The van der Waals surface area contributed by atoms with Gasteiger partial charge in [0.15, 0.2) is 0 Å². The Morgan fingerprint density at radius 3 is 2.80 bits per heavy atom. The number of para-hydroxylation sites is 1. The van der Waals surface area contributed by atoms with Gasteiger partial charge in [-0.15, -0.1) is 0 Å². The molecule has 1 atom stereocenters. The van der Waals surface area contributed by atoms with E-state index in [1.807, 2.05) is 24.9 Å². The standard InChI is InChI=1S/C16H27FN2S/c1-5-10-18-12-14-7-6-8-15(17)16(14)19(3)13(2)9-11-20-4/h6-8,13,18H,5,9-12H2,1-4H3. The van der Waals surface area contributed by atoms with Crippen molar-refractivity contribution in [1.82, 2.24) is 5.32 Å². The molecule has 1 aromatic carbocycles. The summed E-state index contributed by atoms with van der Waals surface area (Å²) >= 11 is 1.84. The van der Waals surface area contributed by atoms with Crippen LogP contribution in [-0.4, -0.2) is 31.6 Å². The summed E-state index contributed by atoms with van der Waals surface area (Å²) in [6, 6.07) is 5.70. The normalized spacial score (nSPS) is 12.4. The minimum atomic E-state index is -0.126. The highest BCUT2D eigenvalue weighted by Crippen LogP contribution is 2.26. The third-order valence-electron chi connectivity index (χ3n) is 3.57. The maximum atomic E-state index is 14.2. The zero-order valence-electron chi connectivity index (χ0n) is 13.1. The fourth-order valence-corrected chi connectivity index (χ4v) is 2.78. The van der Waals surface area contributed by atoms with Crippen LogP contribution in [0.15, 0.2) is 18.2 Å². The van der Waals surface area contributed by atoms with Gasteiger partial charge >= 0.3 is 0 Å². The number of nitrogens with zero attached hydrogens (tertiary/aromatic N) is 1. The monoisotopic (exact) mass is 298 g/mol. The summed E-state index contributed by atoms with van der Waals surface area (Å²) in [7, 11) is 1.99. The van der Waals surface area contributed by atoms with E-state index in [9.17, 15) is 4.39 Å². The molecule has 0 spiro atoms. The van der Waals surface area contributed by atoms with Gasteiger partial charge in [0.25, 0.3) is 0 Å². The molecule has 0 aliphatic heterocycles. The summed E-state index contributed by atoms with van der Waals surface area (Å²) in [5, 5.41) is 3.36. The first-order valence-corrected chi connectivity index (χ1v) is 8.71. The van der Waals surface area contributed by atoms with Gasteiger partial charge in [-0.25, -0.2) is 4.39 Å². The second-order valence-electron chi connectivity index (χ2n) is 5.17. The molecule has 0 amide bonds. The van der Waals surface area contributed by atoms with Crippen molar-refractivity contribution < 1.29 is 4.39 Å². The topological polar surface area (TPSA) is 15.3 Å². The fraction of sp³-hybridized carbons (Fsp3) is 0.625. The van der Waals surface area contributed by atoms with Crippen LogP contribution in [0.1, 0.15) is 32.3 Å². The lowest BCUT2D eigenvalue weighted by Gasteiger charge is -2.29. The second-order valence-corrected chi connectivity index (χ2v) is 6.15. The summed E-state index contributed by atoms with van der Waals surface area (Å²) in [5.74, 6) is 0.975. The van der Waals surface area contributed by atoms with E-state index in [4.69, 9.17) is 0 Å². The minimum absolute atomic E-state index is 0.126. The molecule has 0 aliphatic carbocycles. The first-order valence-electron chi connectivity index (χ1n) is 7.31. The molecular formula is C16H27FN2S. The third kappa shape index (κ3) is 4.98. The summed E-state index contributed by atoms with van der Waals surface area (Å²) < 4.78 is 14.2. The Bertz CT molecular complexity index is 398. The van der Waals surface area contributed by atoms with Crippen LogP contribution in [0.4, 0.5) is 10.1 Å². The highest BCUT2D eigenvalue weighted by Gasteiger charge is 2.17. The van der Waals surface area contributed by atoms with E-state index in [-0.39, 0.29) is 5.82 Å². The van der Waals surface area contributed by atoms with Gasteiger partial charge in [0, 0.05) is 19.6 Å². The van der Waals surface area contributed by atoms with Gasteiger partial charge in [-0.05, 0) is 49.9 Å². The molecule has 114 valence electrons. The van der Waals surface area contributed by atoms with Crippen LogP contribution < -0.4 is 10.2 Å². The van der Waals surface area contributed by atoms with E-state index < -0.39 is 0 Å². The van der Waals surface area contributed by atoms with Gasteiger partial charge < -0.3 is 10.2 Å². The molecule has 1 rings (SSSR count). The van der Waals surface area contributed by atoms with Crippen LogP contribution in [0.5, 0.6) is 0 Å². The second kappa shape index (κ2) is 9.24. The largest absolute Gasteiger partial charge is 0.369 e. The van der Waals surface area contributed by atoms with Gasteiger partial charge in [0.2, 0.25) is 0 Å². The van der Waals surface area contributed by atoms with Gasteiger partial charge in [-0.2, -0.15) is 11.8 Å². The Balaban J connectivity index is 2.84. The molecule has 1 aromatic rings. The molecule has 0 fully saturated rings. The Kier molecular flexibility index (Phi) is 8.00. The number of nitrogens with one attached hydrogen (secondary N) is 1. The van der Waals surface area contributed by atoms with Crippen molar-refractivity contribution in [3.8, 4) is 0 Å². The van der Waals surface area contributed by atoms with Crippen LogP contribution in [0.2, 0.25) is 0 Å². The Hall–Kier alpha value is -0.740. The van der Waals surface area contributed by atoms with Gasteiger partial charge in [-0.1, -0.05) is 19.1 Å². The van der Waals surface area contributed by atoms with Crippen LogP contribution in [0.25, 0.3) is 0 Å². The summed E-state index contributed by atoms with van der Waals surface area (Å²) in [5.41, 5.74) is 1.78. The van der Waals surface area contributed by atoms with E-state index in [1.165, 1.54) is 0 Å². The first kappa shape index (κ1) is 17.3. The molecule has 2 nitrogen and oxygen atoms in total. The molecule has 1 N–H and O–H groups in total. The van der Waals surface area contributed by atoms with Gasteiger partial charge in [0.1, 0.15) is 5.82 Å². The number of anilines is 1. The molecule has 0 saturated carbocycles. The molecule has 0 aliphatic rings. The molecule has 0 saturated heterocycles. The van der Waals surface area contributed by atoms with Crippen LogP contribution in [0.3, 0.4) is 0 Å². The predicted molar refractivity (Wildman–Crippen MR) is 89.3 cm³/mol. The molecule has 0 heterocycles. The lowest BCUT2D eigenvalue weighted by Crippen LogP contribution is -2.31. The third-order valence-corrected chi connectivity index (χ3v) is 4.21. The van der Waals surface area contributed by atoms with E-state index in [0.717, 1.165) is 42.9 Å². The quantitative estimate of drug-likeness (QED) is 0.696. The molecular weight excluding hydrogens is 271 g/mol. The van der Waals surface area contributed by atoms with Crippen molar-refractivity contribution >= 4 is 17.4 Å². The van der Waals surface area contributed by atoms with Crippen molar-refractivity contribution in [3.63, 3.8) is 0 Å². The summed E-state index contributed by atoms with van der Waals surface area (Å²) in [6.07, 6.45) is 4.26. The molecule has 0 radical (unpaired) electrons. The molecule has 0 aromatic heterocycles. The number of thioether (sulfide) groups is 1. The maximum Gasteiger partial charge on any atom is 0.146 e. The molecule has 0 bridgehead atoms. The summed E-state index contributed by atoms with van der Waals surface area (Å²) in [6.45, 7) is 5.98. The maximum absolute atomic E-state index is 14.2. The number of hydrogen-bond donors (Lipinski definition) is 1. The SMILES string of the molecule is CCCNCc1cccc(F)c1N(C)C(C)CCSC. The van der Waals surface area contributed by atoms with Crippen molar-refractivity contribution in [2.45, 2.75) is 39.3 Å². The van der Waals surface area contributed by atoms with Crippen molar-refractivity contribution in [1.29, 1.82) is 0 Å². The number of hydrogen-bond acceptors (Lipinski definition) is 3. The lowest BCUT2D eigenvalue weighted by molar-refractivity contribution is 0.591. The Labute approximate surface area is 127 Å². The molecule has 4 heteroatoms. The van der Waals surface area contributed by atoms with E-state index in [0.29, 0.717) is 6.04 Å². The minimum Gasteiger partial charge on any atom is -0.369 e. The Morgan fingerprint density at radius 2 is 2.15 bits per heavy atom. The summed E-state index contributed by atoms with van der Waals surface area (Å²) in [4.78, 5) is 2.08. The van der Waals surface area contributed by atoms with Crippen molar-refractivity contribution in [2.24, 2.45) is 0 Å². The smallest absolute Gasteiger partial charge is 0.146 e. The van der Waals surface area contributed by atoms with Crippen LogP contribution in [-0.2, 0) is 6.54 Å². The zero-order valence-corrected chi connectivity index (χ0v) is 13.9. The Morgan fingerprint density at radius 1 is 1.40 bits per heavy atom. The van der Waals surface area contributed by atoms with Gasteiger partial charge in [-0.3, -0.25) is 0 Å². The number of benzene rings is 1. The van der Waals surface area contributed by atoms with Crippen LogP contribution in [0, 0.1) is 5.82 Å². The first-order chi connectivity index (χ1) is 9.61. The molecule has 20 heavy (non-hydrogen) atoms. The average molecular weight is 298 g/mol. The van der Waals surface area contributed by atoms with Crippen molar-refractivity contribution in [3.05, 3.63) is 29.6 Å².